The first kappa shape index (κ1) is 17.8. The highest BCUT2D eigenvalue weighted by Gasteiger charge is 2.33. The van der Waals surface area contributed by atoms with E-state index < -0.39 is 18.5 Å². The van der Waals surface area contributed by atoms with Crippen molar-refractivity contribution in [1.82, 2.24) is 5.32 Å². The maximum absolute atomic E-state index is 13.5. The van der Waals surface area contributed by atoms with Crippen LogP contribution in [-0.2, 0) is 0 Å². The van der Waals surface area contributed by atoms with Crippen molar-refractivity contribution in [3.63, 3.8) is 0 Å². The van der Waals surface area contributed by atoms with E-state index in [1.807, 2.05) is 13.8 Å². The number of hydrogen-bond donors (Lipinski definition) is 1. The molecule has 0 aliphatic rings. The molecule has 1 rings (SSSR count). The summed E-state index contributed by atoms with van der Waals surface area (Å²) in [6.07, 6.45) is -4.31. The van der Waals surface area contributed by atoms with Crippen molar-refractivity contribution in [1.29, 1.82) is 0 Å². The predicted molar refractivity (Wildman–Crippen MR) is 77.0 cm³/mol. The third-order valence-electron chi connectivity index (χ3n) is 3.25. The molecule has 1 unspecified atom stereocenters. The van der Waals surface area contributed by atoms with Crippen LogP contribution in [0.1, 0.15) is 39.3 Å². The van der Waals surface area contributed by atoms with Crippen LogP contribution in [0, 0.1) is 5.82 Å². The minimum atomic E-state index is -4.31. The lowest BCUT2D eigenvalue weighted by Crippen LogP contribution is -2.40. The van der Waals surface area contributed by atoms with Gasteiger partial charge in [0.1, 0.15) is 12.4 Å². The average molecular weight is 306 g/mol. The Morgan fingerprint density at radius 3 is 2.29 bits per heavy atom. The first-order chi connectivity index (χ1) is 9.65. The second-order valence-electron chi connectivity index (χ2n) is 5.32. The largest absolute Gasteiger partial charge is 0.405 e. The Morgan fingerprint density at radius 2 is 1.81 bits per heavy atom. The SMILES string of the molecule is CCNC(C)c1cc(F)ccc1N(CC(F)(F)F)C(C)C. The summed E-state index contributed by atoms with van der Waals surface area (Å²) in [6.45, 7) is 6.69. The van der Waals surface area contributed by atoms with E-state index in [9.17, 15) is 17.6 Å². The van der Waals surface area contributed by atoms with E-state index in [4.69, 9.17) is 0 Å². The molecular formula is C15H22F4N2. The number of alkyl halides is 3. The lowest BCUT2D eigenvalue weighted by molar-refractivity contribution is -0.120. The quantitative estimate of drug-likeness (QED) is 0.789. The summed E-state index contributed by atoms with van der Waals surface area (Å²) in [7, 11) is 0. The molecule has 0 aliphatic heterocycles. The molecule has 120 valence electrons. The maximum Gasteiger partial charge on any atom is 0.405 e. The zero-order valence-corrected chi connectivity index (χ0v) is 12.8. The zero-order valence-electron chi connectivity index (χ0n) is 12.8. The minimum absolute atomic E-state index is 0.227. The smallest absolute Gasteiger partial charge is 0.360 e. The molecule has 21 heavy (non-hydrogen) atoms. The summed E-state index contributed by atoms with van der Waals surface area (Å²) in [5, 5.41) is 3.11. The molecule has 0 saturated heterocycles. The van der Waals surface area contributed by atoms with Crippen LogP contribution in [0.15, 0.2) is 18.2 Å². The van der Waals surface area contributed by atoms with Crippen molar-refractivity contribution < 1.29 is 17.6 Å². The molecule has 0 heterocycles. The highest BCUT2D eigenvalue weighted by atomic mass is 19.4. The highest BCUT2D eigenvalue weighted by Crippen LogP contribution is 2.31. The number of halogens is 4. The Morgan fingerprint density at radius 1 is 1.19 bits per heavy atom. The van der Waals surface area contributed by atoms with Gasteiger partial charge in [0.05, 0.1) is 0 Å². The van der Waals surface area contributed by atoms with Crippen LogP contribution in [-0.4, -0.2) is 25.3 Å². The molecule has 1 N–H and O–H groups in total. The lowest BCUT2D eigenvalue weighted by atomic mass is 10.0. The zero-order chi connectivity index (χ0) is 16.2. The van der Waals surface area contributed by atoms with Crippen LogP contribution in [0.2, 0.25) is 0 Å². The van der Waals surface area contributed by atoms with Gasteiger partial charge in [0.2, 0.25) is 0 Å². The summed E-state index contributed by atoms with van der Waals surface area (Å²) in [5.74, 6) is -0.450. The fraction of sp³-hybridized carbons (Fsp3) is 0.600. The van der Waals surface area contributed by atoms with E-state index in [1.165, 1.54) is 23.1 Å². The van der Waals surface area contributed by atoms with Crippen LogP contribution in [0.4, 0.5) is 23.2 Å². The standard InChI is InChI=1S/C15H22F4N2/c1-5-20-11(4)13-8-12(16)6-7-14(13)21(10(2)3)9-15(17,18)19/h6-8,10-11,20H,5,9H2,1-4H3. The molecule has 0 bridgehead atoms. The first-order valence-corrected chi connectivity index (χ1v) is 7.02. The predicted octanol–water partition coefficient (Wildman–Crippen LogP) is 4.27. The first-order valence-electron chi connectivity index (χ1n) is 7.02. The van der Waals surface area contributed by atoms with Crippen molar-refractivity contribution >= 4 is 5.69 Å². The molecule has 1 aromatic rings. The molecule has 1 atom stereocenters. The second kappa shape index (κ2) is 7.11. The van der Waals surface area contributed by atoms with E-state index in [0.717, 1.165) is 0 Å². The monoisotopic (exact) mass is 306 g/mol. The summed E-state index contributed by atoms with van der Waals surface area (Å²) in [5.41, 5.74) is 0.951. The van der Waals surface area contributed by atoms with Gasteiger partial charge in [-0.15, -0.1) is 0 Å². The van der Waals surface area contributed by atoms with E-state index >= 15 is 0 Å². The lowest BCUT2D eigenvalue weighted by Gasteiger charge is -2.33. The van der Waals surface area contributed by atoms with E-state index in [-0.39, 0.29) is 12.1 Å². The molecule has 0 saturated carbocycles. The summed E-state index contributed by atoms with van der Waals surface area (Å²) >= 11 is 0. The Labute approximate surface area is 123 Å². The van der Waals surface area contributed by atoms with Crippen LogP contribution in [0.5, 0.6) is 0 Å². The molecule has 1 aromatic carbocycles. The fourth-order valence-electron chi connectivity index (χ4n) is 2.29. The van der Waals surface area contributed by atoms with E-state index in [0.29, 0.717) is 17.8 Å². The molecule has 0 aliphatic carbocycles. The van der Waals surface area contributed by atoms with E-state index in [1.54, 1.807) is 13.8 Å². The van der Waals surface area contributed by atoms with Gasteiger partial charge in [-0.1, -0.05) is 6.92 Å². The van der Waals surface area contributed by atoms with Gasteiger partial charge in [-0.3, -0.25) is 0 Å². The van der Waals surface area contributed by atoms with Gasteiger partial charge in [0, 0.05) is 17.8 Å². The van der Waals surface area contributed by atoms with Crippen molar-refractivity contribution in [2.45, 2.75) is 46.0 Å². The van der Waals surface area contributed by atoms with Crippen molar-refractivity contribution in [3.8, 4) is 0 Å². The van der Waals surface area contributed by atoms with Gasteiger partial charge in [0.25, 0.3) is 0 Å². The van der Waals surface area contributed by atoms with E-state index in [2.05, 4.69) is 5.32 Å². The van der Waals surface area contributed by atoms with Crippen LogP contribution in [0.3, 0.4) is 0 Å². The molecule has 0 radical (unpaired) electrons. The van der Waals surface area contributed by atoms with Gasteiger partial charge >= 0.3 is 6.18 Å². The van der Waals surface area contributed by atoms with Gasteiger partial charge in [0.15, 0.2) is 0 Å². The average Bonchev–Trinajstić information content (AvgIpc) is 2.35. The normalized spacial score (nSPS) is 13.6. The molecular weight excluding hydrogens is 284 g/mol. The summed E-state index contributed by atoms with van der Waals surface area (Å²) in [4.78, 5) is 1.25. The van der Waals surface area contributed by atoms with Crippen molar-refractivity contribution in [2.75, 3.05) is 18.0 Å². The van der Waals surface area contributed by atoms with Crippen LogP contribution < -0.4 is 10.2 Å². The molecule has 2 nitrogen and oxygen atoms in total. The molecule has 0 aromatic heterocycles. The third kappa shape index (κ3) is 5.19. The van der Waals surface area contributed by atoms with Crippen molar-refractivity contribution in [2.24, 2.45) is 0 Å². The Bertz CT molecular complexity index is 457. The Kier molecular flexibility index (Phi) is 6.01. The van der Waals surface area contributed by atoms with Gasteiger partial charge in [-0.25, -0.2) is 4.39 Å². The van der Waals surface area contributed by atoms with Gasteiger partial charge < -0.3 is 10.2 Å². The Hall–Kier alpha value is -1.30. The number of benzene rings is 1. The molecule has 0 amide bonds. The topological polar surface area (TPSA) is 15.3 Å². The van der Waals surface area contributed by atoms with Crippen LogP contribution >= 0.6 is 0 Å². The Balaban J connectivity index is 3.24. The fourth-order valence-corrected chi connectivity index (χ4v) is 2.29. The molecule has 0 spiro atoms. The highest BCUT2D eigenvalue weighted by molar-refractivity contribution is 5.56. The van der Waals surface area contributed by atoms with Gasteiger partial charge in [-0.2, -0.15) is 13.2 Å². The maximum atomic E-state index is 13.5. The number of anilines is 1. The third-order valence-corrected chi connectivity index (χ3v) is 3.25. The van der Waals surface area contributed by atoms with Gasteiger partial charge in [-0.05, 0) is 51.1 Å². The summed E-state index contributed by atoms with van der Waals surface area (Å²) < 4.78 is 51.8. The number of hydrogen-bond acceptors (Lipinski definition) is 2. The molecule has 0 fully saturated rings. The van der Waals surface area contributed by atoms with Crippen LogP contribution in [0.25, 0.3) is 0 Å². The van der Waals surface area contributed by atoms with Crippen molar-refractivity contribution in [3.05, 3.63) is 29.6 Å². The number of nitrogens with one attached hydrogen (secondary N) is 1. The number of rotatable bonds is 6. The minimum Gasteiger partial charge on any atom is -0.360 e. The second-order valence-corrected chi connectivity index (χ2v) is 5.32. The number of nitrogens with zero attached hydrogens (tertiary/aromatic N) is 1. The summed E-state index contributed by atoms with van der Waals surface area (Å²) in [6, 6.07) is 3.35. The molecule has 6 heteroatoms.